The summed E-state index contributed by atoms with van der Waals surface area (Å²) in [5, 5.41) is 12.6. The first-order valence-corrected chi connectivity index (χ1v) is 8.74. The predicted molar refractivity (Wildman–Crippen MR) is 96.6 cm³/mol. The maximum absolute atomic E-state index is 13.2. The van der Waals surface area contributed by atoms with E-state index in [1.54, 1.807) is 18.2 Å². The Morgan fingerprint density at radius 3 is 2.59 bits per heavy atom. The van der Waals surface area contributed by atoms with Crippen molar-refractivity contribution in [3.63, 3.8) is 0 Å². The number of piperidine rings is 1. The summed E-state index contributed by atoms with van der Waals surface area (Å²) in [6, 6.07) is 6.57. The second-order valence-electron chi connectivity index (χ2n) is 6.69. The standard InChI is InChI=1S/C18H21F3N4O2/c19-18(20,21)16-14(22)15(12-3-1-2-4-13(12)24-16)23-8-5-11-6-9-25(10-7-11)17(26)27/h1-4,11H,5-10,22H2,(H,23,24)(H,26,27). The number of rotatable bonds is 4. The molecule has 2 aromatic rings. The van der Waals surface area contributed by atoms with Crippen molar-refractivity contribution in [1.82, 2.24) is 9.88 Å². The molecule has 0 bridgehead atoms. The molecule has 2 heterocycles. The van der Waals surface area contributed by atoms with Gasteiger partial charge in [0.05, 0.1) is 16.9 Å². The number of nitrogens with zero attached hydrogens (tertiary/aromatic N) is 2. The molecule has 1 aliphatic heterocycles. The molecule has 1 aromatic carbocycles. The van der Waals surface area contributed by atoms with Gasteiger partial charge in [-0.25, -0.2) is 9.78 Å². The van der Waals surface area contributed by atoms with Crippen LogP contribution in [0, 0.1) is 5.92 Å². The molecule has 0 unspecified atom stereocenters. The van der Waals surface area contributed by atoms with Gasteiger partial charge in [-0.15, -0.1) is 0 Å². The van der Waals surface area contributed by atoms with Gasteiger partial charge >= 0.3 is 12.3 Å². The van der Waals surface area contributed by atoms with Crippen LogP contribution in [0.3, 0.4) is 0 Å². The number of benzene rings is 1. The number of carbonyl (C=O) groups is 1. The molecule has 1 fully saturated rings. The van der Waals surface area contributed by atoms with Gasteiger partial charge in [-0.2, -0.15) is 13.2 Å². The summed E-state index contributed by atoms with van der Waals surface area (Å²) in [5.74, 6) is 0.324. The summed E-state index contributed by atoms with van der Waals surface area (Å²) in [4.78, 5) is 16.0. The number of aromatic nitrogens is 1. The largest absolute Gasteiger partial charge is 0.465 e. The van der Waals surface area contributed by atoms with Gasteiger partial charge in [0.15, 0.2) is 5.69 Å². The molecule has 146 valence electrons. The molecule has 6 nitrogen and oxygen atoms in total. The summed E-state index contributed by atoms with van der Waals surface area (Å²) in [6.07, 6.45) is -3.33. The lowest BCUT2D eigenvalue weighted by Crippen LogP contribution is -2.37. The number of alkyl halides is 3. The van der Waals surface area contributed by atoms with Crippen molar-refractivity contribution in [2.24, 2.45) is 5.92 Å². The maximum atomic E-state index is 13.2. The van der Waals surface area contributed by atoms with Gasteiger partial charge in [0, 0.05) is 25.0 Å². The van der Waals surface area contributed by atoms with E-state index in [9.17, 15) is 18.0 Å². The minimum atomic E-state index is -4.63. The molecular formula is C18H21F3N4O2. The fraction of sp³-hybridized carbons (Fsp3) is 0.444. The highest BCUT2D eigenvalue weighted by atomic mass is 19.4. The average molecular weight is 382 g/mol. The number of nitrogens with two attached hydrogens (primary N) is 1. The zero-order valence-corrected chi connectivity index (χ0v) is 14.6. The van der Waals surface area contributed by atoms with Gasteiger partial charge in [-0.1, -0.05) is 18.2 Å². The lowest BCUT2D eigenvalue weighted by atomic mass is 9.93. The highest BCUT2D eigenvalue weighted by molar-refractivity contribution is 5.98. The Hall–Kier alpha value is -2.71. The number of nitrogens with one attached hydrogen (secondary N) is 1. The number of amides is 1. The number of likely N-dealkylation sites (tertiary alicyclic amines) is 1. The summed E-state index contributed by atoms with van der Waals surface area (Å²) in [5.41, 5.74) is 4.78. The van der Waals surface area contributed by atoms with Gasteiger partial charge in [0.1, 0.15) is 0 Å². The first-order valence-electron chi connectivity index (χ1n) is 8.74. The van der Waals surface area contributed by atoms with E-state index < -0.39 is 23.7 Å². The number of pyridine rings is 1. The first-order chi connectivity index (χ1) is 12.8. The van der Waals surface area contributed by atoms with Crippen LogP contribution in [0.1, 0.15) is 25.0 Å². The highest BCUT2D eigenvalue weighted by Gasteiger charge is 2.36. The highest BCUT2D eigenvalue weighted by Crippen LogP contribution is 2.39. The molecular weight excluding hydrogens is 361 g/mol. The van der Waals surface area contributed by atoms with Crippen LogP contribution in [0.5, 0.6) is 0 Å². The van der Waals surface area contributed by atoms with E-state index in [0.717, 1.165) is 19.3 Å². The van der Waals surface area contributed by atoms with Crippen LogP contribution in [0.15, 0.2) is 24.3 Å². The quantitative estimate of drug-likeness (QED) is 0.743. The summed E-state index contributed by atoms with van der Waals surface area (Å²) in [7, 11) is 0. The van der Waals surface area contributed by atoms with Gasteiger partial charge < -0.3 is 21.1 Å². The van der Waals surface area contributed by atoms with Gasteiger partial charge in [-0.3, -0.25) is 0 Å². The van der Waals surface area contributed by atoms with E-state index in [-0.39, 0.29) is 11.2 Å². The Bertz CT molecular complexity index is 833. The van der Waals surface area contributed by atoms with Crippen molar-refractivity contribution in [2.75, 3.05) is 30.7 Å². The fourth-order valence-corrected chi connectivity index (χ4v) is 3.45. The van der Waals surface area contributed by atoms with Crippen molar-refractivity contribution >= 4 is 28.4 Å². The minimum absolute atomic E-state index is 0.233. The number of halogens is 3. The van der Waals surface area contributed by atoms with Crippen molar-refractivity contribution < 1.29 is 23.1 Å². The van der Waals surface area contributed by atoms with Gasteiger partial charge in [0.25, 0.3) is 0 Å². The number of hydrogen-bond acceptors (Lipinski definition) is 4. The number of hydrogen-bond donors (Lipinski definition) is 3. The molecule has 1 aromatic heterocycles. The Morgan fingerprint density at radius 1 is 1.30 bits per heavy atom. The number of fused-ring (bicyclic) bond motifs is 1. The van der Waals surface area contributed by atoms with Gasteiger partial charge in [-0.05, 0) is 31.2 Å². The van der Waals surface area contributed by atoms with Crippen molar-refractivity contribution in [2.45, 2.75) is 25.4 Å². The van der Waals surface area contributed by atoms with Crippen LogP contribution in [0.4, 0.5) is 29.3 Å². The van der Waals surface area contributed by atoms with E-state index >= 15 is 0 Å². The van der Waals surface area contributed by atoms with Crippen molar-refractivity contribution in [3.8, 4) is 0 Å². The van der Waals surface area contributed by atoms with E-state index in [0.29, 0.717) is 30.9 Å². The molecule has 3 rings (SSSR count). The van der Waals surface area contributed by atoms with Crippen LogP contribution < -0.4 is 11.1 Å². The zero-order chi connectivity index (χ0) is 19.6. The van der Waals surface area contributed by atoms with Crippen LogP contribution in [-0.4, -0.2) is 40.7 Å². The number of nitrogen functional groups attached to an aromatic ring is 1. The minimum Gasteiger partial charge on any atom is -0.465 e. The fourth-order valence-electron chi connectivity index (χ4n) is 3.45. The summed E-state index contributed by atoms with van der Waals surface area (Å²) in [6.45, 7) is 1.42. The van der Waals surface area contributed by atoms with E-state index in [2.05, 4.69) is 10.3 Å². The maximum Gasteiger partial charge on any atom is 0.435 e. The molecule has 0 radical (unpaired) electrons. The first kappa shape index (κ1) is 19.1. The second-order valence-corrected chi connectivity index (χ2v) is 6.69. The van der Waals surface area contributed by atoms with Crippen molar-refractivity contribution in [3.05, 3.63) is 30.0 Å². The van der Waals surface area contributed by atoms with Crippen LogP contribution in [0.25, 0.3) is 10.9 Å². The molecule has 0 atom stereocenters. The predicted octanol–water partition coefficient (Wildman–Crippen LogP) is 4.03. The summed E-state index contributed by atoms with van der Waals surface area (Å²) < 4.78 is 39.7. The third-order valence-electron chi connectivity index (χ3n) is 4.94. The van der Waals surface area contributed by atoms with E-state index in [1.807, 2.05) is 0 Å². The molecule has 1 saturated heterocycles. The van der Waals surface area contributed by atoms with Gasteiger partial charge in [0.2, 0.25) is 0 Å². The molecule has 4 N–H and O–H groups in total. The molecule has 1 aliphatic rings. The number of carboxylic acid groups (broad SMARTS) is 1. The Balaban J connectivity index is 1.73. The Morgan fingerprint density at radius 2 is 1.96 bits per heavy atom. The number of anilines is 2. The average Bonchev–Trinajstić information content (AvgIpc) is 2.62. The third kappa shape index (κ3) is 4.17. The Kier molecular flexibility index (Phi) is 5.29. The molecule has 27 heavy (non-hydrogen) atoms. The second kappa shape index (κ2) is 7.50. The van der Waals surface area contributed by atoms with Crippen LogP contribution in [-0.2, 0) is 6.18 Å². The molecule has 0 aliphatic carbocycles. The summed E-state index contributed by atoms with van der Waals surface area (Å²) >= 11 is 0. The molecule has 9 heteroatoms. The zero-order valence-electron chi connectivity index (χ0n) is 14.6. The molecule has 0 spiro atoms. The van der Waals surface area contributed by atoms with E-state index in [1.165, 1.54) is 11.0 Å². The number of para-hydroxylation sites is 1. The van der Waals surface area contributed by atoms with Crippen LogP contribution in [0.2, 0.25) is 0 Å². The van der Waals surface area contributed by atoms with Crippen LogP contribution >= 0.6 is 0 Å². The normalized spacial score (nSPS) is 15.9. The molecule has 1 amide bonds. The van der Waals surface area contributed by atoms with Crippen molar-refractivity contribution in [1.29, 1.82) is 0 Å². The monoisotopic (exact) mass is 382 g/mol. The lowest BCUT2D eigenvalue weighted by molar-refractivity contribution is -0.140. The van der Waals surface area contributed by atoms with E-state index in [4.69, 9.17) is 10.8 Å². The third-order valence-corrected chi connectivity index (χ3v) is 4.94. The Labute approximate surface area is 154 Å². The SMILES string of the molecule is Nc1c(C(F)(F)F)nc2ccccc2c1NCCC1CCN(C(=O)O)CC1. The smallest absolute Gasteiger partial charge is 0.435 e. The molecule has 0 saturated carbocycles. The topological polar surface area (TPSA) is 91.5 Å². The lowest BCUT2D eigenvalue weighted by Gasteiger charge is -2.30.